The number of rotatable bonds is 2. The van der Waals surface area contributed by atoms with Crippen LogP contribution in [0.4, 0.5) is 10.5 Å². The fourth-order valence-electron chi connectivity index (χ4n) is 2.11. The quantitative estimate of drug-likeness (QED) is 0.818. The zero-order chi connectivity index (χ0) is 12.3. The van der Waals surface area contributed by atoms with Crippen molar-refractivity contribution in [1.82, 2.24) is 10.2 Å². The summed E-state index contributed by atoms with van der Waals surface area (Å²) in [5.41, 5.74) is 2.01. The van der Waals surface area contributed by atoms with Gasteiger partial charge in [0.05, 0.1) is 0 Å². The molecule has 1 heterocycles. The van der Waals surface area contributed by atoms with Crippen molar-refractivity contribution in [3.63, 3.8) is 0 Å². The summed E-state index contributed by atoms with van der Waals surface area (Å²) >= 11 is 0. The Morgan fingerprint density at radius 2 is 2.29 bits per heavy atom. The smallest absolute Gasteiger partial charge is 0.321 e. The summed E-state index contributed by atoms with van der Waals surface area (Å²) in [6.07, 6.45) is 1.03. The molecule has 4 heteroatoms. The summed E-state index contributed by atoms with van der Waals surface area (Å²) in [6.45, 7) is 3.62. The van der Waals surface area contributed by atoms with Gasteiger partial charge in [0, 0.05) is 24.8 Å². The van der Waals surface area contributed by atoms with E-state index in [1.54, 1.807) is 0 Å². The third-order valence-electron chi connectivity index (χ3n) is 3.15. The second-order valence-corrected chi connectivity index (χ2v) is 4.52. The monoisotopic (exact) mass is 233 g/mol. The zero-order valence-corrected chi connectivity index (χ0v) is 10.4. The van der Waals surface area contributed by atoms with E-state index in [9.17, 15) is 4.79 Å². The van der Waals surface area contributed by atoms with E-state index in [0.717, 1.165) is 30.8 Å². The van der Waals surface area contributed by atoms with Crippen LogP contribution in [0.25, 0.3) is 0 Å². The number of anilines is 1. The number of hydrogen-bond acceptors (Lipinski definition) is 2. The Morgan fingerprint density at radius 3 is 2.94 bits per heavy atom. The van der Waals surface area contributed by atoms with E-state index < -0.39 is 0 Å². The summed E-state index contributed by atoms with van der Waals surface area (Å²) in [6, 6.07) is 8.28. The Hall–Kier alpha value is -1.55. The van der Waals surface area contributed by atoms with Crippen molar-refractivity contribution < 1.29 is 4.79 Å². The van der Waals surface area contributed by atoms with Crippen LogP contribution in [0.3, 0.4) is 0 Å². The number of benzene rings is 1. The fraction of sp³-hybridized carbons (Fsp3) is 0.462. The lowest BCUT2D eigenvalue weighted by atomic mass is 10.2. The molecular formula is C13H19N3O. The lowest BCUT2D eigenvalue weighted by Gasteiger charge is -2.17. The minimum atomic E-state index is -0.00616. The summed E-state index contributed by atoms with van der Waals surface area (Å²) in [5, 5.41) is 6.13. The first-order chi connectivity index (χ1) is 8.19. The maximum atomic E-state index is 12.0. The topological polar surface area (TPSA) is 44.4 Å². The van der Waals surface area contributed by atoms with Crippen LogP contribution in [-0.2, 0) is 0 Å². The molecule has 1 aliphatic heterocycles. The molecule has 1 aromatic carbocycles. The second kappa shape index (κ2) is 5.19. The van der Waals surface area contributed by atoms with Crippen LogP contribution in [0.15, 0.2) is 24.3 Å². The van der Waals surface area contributed by atoms with Crippen LogP contribution in [0, 0.1) is 6.92 Å². The predicted octanol–water partition coefficient (Wildman–Crippen LogP) is 1.82. The number of urea groups is 1. The largest absolute Gasteiger partial charge is 0.323 e. The van der Waals surface area contributed by atoms with Gasteiger partial charge >= 0.3 is 6.03 Å². The number of carbonyl (C=O) groups is 1. The lowest BCUT2D eigenvalue weighted by Crippen LogP contribution is -2.36. The van der Waals surface area contributed by atoms with Crippen LogP contribution in [0.5, 0.6) is 0 Å². The Labute approximate surface area is 102 Å². The van der Waals surface area contributed by atoms with E-state index in [4.69, 9.17) is 0 Å². The van der Waals surface area contributed by atoms with Crippen molar-refractivity contribution >= 4 is 11.7 Å². The maximum Gasteiger partial charge on any atom is 0.321 e. The molecule has 17 heavy (non-hydrogen) atoms. The highest BCUT2D eigenvalue weighted by Crippen LogP contribution is 2.13. The zero-order valence-electron chi connectivity index (χ0n) is 10.4. The number of aryl methyl sites for hydroxylation is 1. The number of hydrogen-bond donors (Lipinski definition) is 2. The molecular weight excluding hydrogens is 214 g/mol. The molecule has 1 atom stereocenters. The average molecular weight is 233 g/mol. The number of amides is 2. The van der Waals surface area contributed by atoms with Crippen LogP contribution in [0.2, 0.25) is 0 Å². The molecule has 0 aromatic heterocycles. The van der Waals surface area contributed by atoms with Crippen LogP contribution < -0.4 is 10.6 Å². The van der Waals surface area contributed by atoms with Crippen LogP contribution in [-0.4, -0.2) is 37.1 Å². The number of likely N-dealkylation sites (N-methyl/N-ethyl adjacent to an activating group) is 1. The summed E-state index contributed by atoms with van der Waals surface area (Å²) in [4.78, 5) is 13.8. The molecule has 0 saturated carbocycles. The van der Waals surface area contributed by atoms with Crippen molar-refractivity contribution in [2.45, 2.75) is 19.4 Å². The van der Waals surface area contributed by atoms with E-state index in [-0.39, 0.29) is 6.03 Å². The average Bonchev–Trinajstić information content (AvgIpc) is 2.77. The minimum Gasteiger partial charge on any atom is -0.323 e. The highest BCUT2D eigenvalue weighted by molar-refractivity contribution is 5.89. The van der Waals surface area contributed by atoms with Gasteiger partial charge in [-0.2, -0.15) is 0 Å². The van der Waals surface area contributed by atoms with E-state index in [1.807, 2.05) is 43.1 Å². The number of carbonyl (C=O) groups excluding carboxylic acids is 1. The van der Waals surface area contributed by atoms with E-state index in [0.29, 0.717) is 6.04 Å². The number of likely N-dealkylation sites (tertiary alicyclic amines) is 1. The molecule has 2 N–H and O–H groups in total. The molecule has 1 aromatic rings. The molecule has 0 spiro atoms. The van der Waals surface area contributed by atoms with Crippen molar-refractivity contribution in [3.8, 4) is 0 Å². The molecule has 0 bridgehead atoms. The molecule has 92 valence electrons. The highest BCUT2D eigenvalue weighted by atomic mass is 16.2. The Balaban J connectivity index is 1.93. The van der Waals surface area contributed by atoms with Crippen LogP contribution in [0.1, 0.15) is 12.0 Å². The Kier molecular flexibility index (Phi) is 3.64. The SMILES string of the molecule is CN[C@H]1CCN(C(=O)Nc2cccc(C)c2)C1. The van der Waals surface area contributed by atoms with Gasteiger partial charge in [-0.15, -0.1) is 0 Å². The molecule has 0 unspecified atom stereocenters. The van der Waals surface area contributed by atoms with Crippen molar-refractivity contribution in [2.75, 3.05) is 25.5 Å². The lowest BCUT2D eigenvalue weighted by molar-refractivity contribution is 0.221. The van der Waals surface area contributed by atoms with E-state index >= 15 is 0 Å². The molecule has 0 radical (unpaired) electrons. The van der Waals surface area contributed by atoms with Gasteiger partial charge in [-0.25, -0.2) is 4.79 Å². The van der Waals surface area contributed by atoms with Gasteiger partial charge in [-0.1, -0.05) is 12.1 Å². The first kappa shape index (κ1) is 11.9. The molecule has 1 saturated heterocycles. The van der Waals surface area contributed by atoms with Crippen molar-refractivity contribution in [2.24, 2.45) is 0 Å². The third-order valence-corrected chi connectivity index (χ3v) is 3.15. The molecule has 2 rings (SSSR count). The summed E-state index contributed by atoms with van der Waals surface area (Å²) < 4.78 is 0. The van der Waals surface area contributed by atoms with Gasteiger partial charge in [0.25, 0.3) is 0 Å². The van der Waals surface area contributed by atoms with Gasteiger partial charge in [0.1, 0.15) is 0 Å². The highest BCUT2D eigenvalue weighted by Gasteiger charge is 2.24. The van der Waals surface area contributed by atoms with Gasteiger partial charge in [-0.05, 0) is 38.1 Å². The number of nitrogens with zero attached hydrogens (tertiary/aromatic N) is 1. The van der Waals surface area contributed by atoms with Gasteiger partial charge in [0.15, 0.2) is 0 Å². The maximum absolute atomic E-state index is 12.0. The predicted molar refractivity (Wildman–Crippen MR) is 69.2 cm³/mol. The molecule has 2 amide bonds. The fourth-order valence-corrected chi connectivity index (χ4v) is 2.11. The molecule has 0 aliphatic carbocycles. The first-order valence-corrected chi connectivity index (χ1v) is 5.99. The molecule has 4 nitrogen and oxygen atoms in total. The molecule has 1 aliphatic rings. The summed E-state index contributed by atoms with van der Waals surface area (Å²) in [7, 11) is 1.94. The van der Waals surface area contributed by atoms with Gasteiger partial charge in [-0.3, -0.25) is 0 Å². The van der Waals surface area contributed by atoms with Crippen molar-refractivity contribution in [1.29, 1.82) is 0 Å². The molecule has 1 fully saturated rings. The second-order valence-electron chi connectivity index (χ2n) is 4.52. The van der Waals surface area contributed by atoms with Crippen molar-refractivity contribution in [3.05, 3.63) is 29.8 Å². The minimum absolute atomic E-state index is 0.00616. The summed E-state index contributed by atoms with van der Waals surface area (Å²) in [5.74, 6) is 0. The standard InChI is InChI=1S/C13H19N3O/c1-10-4-3-5-11(8-10)15-13(17)16-7-6-12(9-16)14-2/h3-5,8,12,14H,6-7,9H2,1-2H3,(H,15,17)/t12-/m0/s1. The van der Waals surface area contributed by atoms with Gasteiger partial charge in [0.2, 0.25) is 0 Å². The van der Waals surface area contributed by atoms with Crippen LogP contribution >= 0.6 is 0 Å². The van der Waals surface area contributed by atoms with E-state index in [1.165, 1.54) is 0 Å². The Bertz CT molecular complexity index is 405. The normalized spacial score (nSPS) is 19.4. The first-order valence-electron chi connectivity index (χ1n) is 5.99. The third kappa shape index (κ3) is 2.97. The van der Waals surface area contributed by atoms with Gasteiger partial charge < -0.3 is 15.5 Å². The number of nitrogens with one attached hydrogen (secondary N) is 2. The Morgan fingerprint density at radius 1 is 1.47 bits per heavy atom. The van der Waals surface area contributed by atoms with E-state index in [2.05, 4.69) is 10.6 Å².